The minimum absolute atomic E-state index is 0.0712. The standard InChI is InChI=1S/C17H19F2N3O2/c1-9(13-5-4-12(18)8-15(13)19)21-16(23)7-6-14-10(2)20-11(3)22-17(14)24/h4-5,8-9H,6-7H2,1-3H3,(H,21,23)(H,20,22,24)/t9-/m1/s1. The van der Waals surface area contributed by atoms with Crippen LogP contribution in [0.15, 0.2) is 23.0 Å². The highest BCUT2D eigenvalue weighted by atomic mass is 19.1. The third kappa shape index (κ3) is 4.24. The van der Waals surface area contributed by atoms with Gasteiger partial charge >= 0.3 is 0 Å². The third-order valence-corrected chi connectivity index (χ3v) is 3.75. The highest BCUT2D eigenvalue weighted by Crippen LogP contribution is 2.17. The number of H-pyrrole nitrogens is 1. The average Bonchev–Trinajstić information content (AvgIpc) is 2.45. The van der Waals surface area contributed by atoms with Crippen LogP contribution in [-0.2, 0) is 11.2 Å². The Morgan fingerprint density at radius 3 is 2.67 bits per heavy atom. The molecule has 2 rings (SSSR count). The van der Waals surface area contributed by atoms with Gasteiger partial charge in [-0.25, -0.2) is 13.8 Å². The number of aryl methyl sites for hydroxylation is 2. The second-order valence-corrected chi connectivity index (χ2v) is 5.67. The summed E-state index contributed by atoms with van der Waals surface area (Å²) in [7, 11) is 0. The number of aromatic amines is 1. The number of nitrogens with zero attached hydrogens (tertiary/aromatic N) is 1. The van der Waals surface area contributed by atoms with E-state index in [9.17, 15) is 18.4 Å². The van der Waals surface area contributed by atoms with E-state index < -0.39 is 17.7 Å². The molecule has 1 amide bonds. The van der Waals surface area contributed by atoms with Crippen LogP contribution in [0.5, 0.6) is 0 Å². The number of aromatic nitrogens is 2. The number of rotatable bonds is 5. The van der Waals surface area contributed by atoms with Crippen molar-refractivity contribution in [1.82, 2.24) is 15.3 Å². The monoisotopic (exact) mass is 335 g/mol. The minimum atomic E-state index is -0.710. The Labute approximate surface area is 138 Å². The molecule has 5 nitrogen and oxygen atoms in total. The Balaban J connectivity index is 2.00. The summed E-state index contributed by atoms with van der Waals surface area (Å²) in [6.07, 6.45) is 0.306. The van der Waals surface area contributed by atoms with Gasteiger partial charge in [0.2, 0.25) is 5.91 Å². The molecule has 0 saturated heterocycles. The lowest BCUT2D eigenvalue weighted by molar-refractivity contribution is -0.121. The molecule has 0 unspecified atom stereocenters. The van der Waals surface area contributed by atoms with Crippen molar-refractivity contribution in [2.75, 3.05) is 0 Å². The molecule has 2 N–H and O–H groups in total. The lowest BCUT2D eigenvalue weighted by atomic mass is 10.1. The van der Waals surface area contributed by atoms with Crippen molar-refractivity contribution in [3.05, 3.63) is 62.8 Å². The van der Waals surface area contributed by atoms with Crippen LogP contribution in [0.2, 0.25) is 0 Å². The van der Waals surface area contributed by atoms with Crippen LogP contribution in [0.1, 0.15) is 42.0 Å². The van der Waals surface area contributed by atoms with E-state index in [1.165, 1.54) is 6.07 Å². The van der Waals surface area contributed by atoms with Crippen LogP contribution in [0.25, 0.3) is 0 Å². The summed E-state index contributed by atoms with van der Waals surface area (Å²) in [6, 6.07) is 2.61. The molecule has 0 aliphatic heterocycles. The largest absolute Gasteiger partial charge is 0.349 e. The van der Waals surface area contributed by atoms with Crippen LogP contribution in [0, 0.1) is 25.5 Å². The Morgan fingerprint density at radius 2 is 2.04 bits per heavy atom. The van der Waals surface area contributed by atoms with Gasteiger partial charge in [0, 0.05) is 29.3 Å². The molecule has 1 heterocycles. The van der Waals surface area contributed by atoms with Crippen molar-refractivity contribution in [2.24, 2.45) is 0 Å². The van der Waals surface area contributed by atoms with Crippen LogP contribution < -0.4 is 10.9 Å². The predicted octanol–water partition coefficient (Wildman–Crippen LogP) is 2.47. The van der Waals surface area contributed by atoms with Gasteiger partial charge < -0.3 is 10.3 Å². The summed E-state index contributed by atoms with van der Waals surface area (Å²) < 4.78 is 26.6. The summed E-state index contributed by atoms with van der Waals surface area (Å²) in [5.74, 6) is -1.19. The molecule has 24 heavy (non-hydrogen) atoms. The van der Waals surface area contributed by atoms with E-state index in [1.807, 2.05) is 0 Å². The van der Waals surface area contributed by atoms with Gasteiger partial charge in [-0.1, -0.05) is 6.07 Å². The van der Waals surface area contributed by atoms with Crippen molar-refractivity contribution in [1.29, 1.82) is 0 Å². The Morgan fingerprint density at radius 1 is 1.33 bits per heavy atom. The zero-order valence-corrected chi connectivity index (χ0v) is 13.7. The maximum atomic E-state index is 13.7. The normalized spacial score (nSPS) is 12.0. The summed E-state index contributed by atoms with van der Waals surface area (Å²) in [4.78, 5) is 30.7. The number of carbonyl (C=O) groups excluding carboxylic acids is 1. The summed E-state index contributed by atoms with van der Waals surface area (Å²) in [5, 5.41) is 2.64. The van der Waals surface area contributed by atoms with Crippen LogP contribution in [0.3, 0.4) is 0 Å². The molecule has 0 saturated carbocycles. The van der Waals surface area contributed by atoms with Gasteiger partial charge in [-0.3, -0.25) is 9.59 Å². The number of hydrogen-bond donors (Lipinski definition) is 2. The van der Waals surface area contributed by atoms with Gasteiger partial charge in [-0.2, -0.15) is 0 Å². The van der Waals surface area contributed by atoms with Crippen LogP contribution in [-0.4, -0.2) is 15.9 Å². The van der Waals surface area contributed by atoms with E-state index in [2.05, 4.69) is 15.3 Å². The Hall–Kier alpha value is -2.57. The first-order valence-corrected chi connectivity index (χ1v) is 7.58. The first kappa shape index (κ1) is 17.8. The summed E-state index contributed by atoms with van der Waals surface area (Å²) >= 11 is 0. The molecule has 0 radical (unpaired) electrons. The first-order valence-electron chi connectivity index (χ1n) is 7.58. The fourth-order valence-electron chi connectivity index (χ4n) is 2.53. The van der Waals surface area contributed by atoms with E-state index in [-0.39, 0.29) is 29.9 Å². The summed E-state index contributed by atoms with van der Waals surface area (Å²) in [6.45, 7) is 5.01. The van der Waals surface area contributed by atoms with E-state index in [4.69, 9.17) is 0 Å². The highest BCUT2D eigenvalue weighted by molar-refractivity contribution is 5.76. The van der Waals surface area contributed by atoms with Crippen molar-refractivity contribution in [3.63, 3.8) is 0 Å². The third-order valence-electron chi connectivity index (χ3n) is 3.75. The van der Waals surface area contributed by atoms with Crippen molar-refractivity contribution >= 4 is 5.91 Å². The lowest BCUT2D eigenvalue weighted by Gasteiger charge is -2.15. The lowest BCUT2D eigenvalue weighted by Crippen LogP contribution is -2.28. The Kier molecular flexibility index (Phi) is 5.43. The quantitative estimate of drug-likeness (QED) is 0.881. The number of hydrogen-bond acceptors (Lipinski definition) is 3. The number of halogens is 2. The highest BCUT2D eigenvalue weighted by Gasteiger charge is 2.15. The fraction of sp³-hybridized carbons (Fsp3) is 0.353. The molecule has 1 atom stereocenters. The fourth-order valence-corrected chi connectivity index (χ4v) is 2.53. The van der Waals surface area contributed by atoms with E-state index in [1.54, 1.807) is 20.8 Å². The molecule has 0 aliphatic carbocycles. The van der Waals surface area contributed by atoms with E-state index >= 15 is 0 Å². The molecule has 0 aliphatic rings. The van der Waals surface area contributed by atoms with Crippen molar-refractivity contribution in [3.8, 4) is 0 Å². The topological polar surface area (TPSA) is 74.8 Å². The Bertz CT molecular complexity index is 818. The molecule has 0 spiro atoms. The molecule has 0 fully saturated rings. The number of amides is 1. The van der Waals surface area contributed by atoms with Gasteiger partial charge in [-0.15, -0.1) is 0 Å². The van der Waals surface area contributed by atoms with Crippen LogP contribution in [0.4, 0.5) is 8.78 Å². The molecular formula is C17H19F2N3O2. The van der Waals surface area contributed by atoms with Gasteiger partial charge in [0.05, 0.1) is 6.04 Å². The average molecular weight is 335 g/mol. The van der Waals surface area contributed by atoms with E-state index in [0.29, 0.717) is 17.1 Å². The zero-order chi connectivity index (χ0) is 17.9. The number of benzene rings is 1. The predicted molar refractivity (Wildman–Crippen MR) is 85.6 cm³/mol. The van der Waals surface area contributed by atoms with Gasteiger partial charge in [0.15, 0.2) is 0 Å². The number of carbonyl (C=O) groups is 1. The maximum Gasteiger partial charge on any atom is 0.254 e. The van der Waals surface area contributed by atoms with Crippen LogP contribution >= 0.6 is 0 Å². The van der Waals surface area contributed by atoms with Gasteiger partial charge in [-0.05, 0) is 33.3 Å². The first-order chi connectivity index (χ1) is 11.3. The van der Waals surface area contributed by atoms with E-state index in [0.717, 1.165) is 12.1 Å². The number of nitrogens with one attached hydrogen (secondary N) is 2. The minimum Gasteiger partial charge on any atom is -0.349 e. The molecular weight excluding hydrogens is 316 g/mol. The molecule has 2 aromatic rings. The van der Waals surface area contributed by atoms with Gasteiger partial charge in [0.25, 0.3) is 5.56 Å². The molecule has 1 aromatic heterocycles. The zero-order valence-electron chi connectivity index (χ0n) is 13.7. The van der Waals surface area contributed by atoms with Crippen molar-refractivity contribution in [2.45, 2.75) is 39.7 Å². The SMILES string of the molecule is Cc1nc(C)c(CCC(=O)N[C@H](C)c2ccc(F)cc2F)c(=O)[nH]1. The maximum absolute atomic E-state index is 13.7. The molecule has 7 heteroatoms. The summed E-state index contributed by atoms with van der Waals surface area (Å²) in [5.41, 5.74) is 0.985. The molecule has 1 aromatic carbocycles. The second kappa shape index (κ2) is 7.33. The molecule has 128 valence electrons. The molecule has 0 bridgehead atoms. The second-order valence-electron chi connectivity index (χ2n) is 5.67. The van der Waals surface area contributed by atoms with Gasteiger partial charge in [0.1, 0.15) is 17.5 Å². The van der Waals surface area contributed by atoms with Crippen molar-refractivity contribution < 1.29 is 13.6 Å². The smallest absolute Gasteiger partial charge is 0.254 e.